The highest BCUT2D eigenvalue weighted by Gasteiger charge is 2.18. The van der Waals surface area contributed by atoms with Crippen LogP contribution in [0.2, 0.25) is 0 Å². The van der Waals surface area contributed by atoms with Crippen LogP contribution in [0.4, 0.5) is 0 Å². The Morgan fingerprint density at radius 1 is 0.880 bits per heavy atom. The van der Waals surface area contributed by atoms with Gasteiger partial charge in [0.25, 0.3) is 0 Å². The summed E-state index contributed by atoms with van der Waals surface area (Å²) in [6.07, 6.45) is 0. The minimum Gasteiger partial charge on any atom is -0.351 e. The average molecular weight is 337 g/mol. The third-order valence-corrected chi connectivity index (χ3v) is 4.69. The van der Waals surface area contributed by atoms with Crippen LogP contribution in [0.15, 0.2) is 54.6 Å². The van der Waals surface area contributed by atoms with Crippen molar-refractivity contribution >= 4 is 5.91 Å². The summed E-state index contributed by atoms with van der Waals surface area (Å²) >= 11 is 0. The highest BCUT2D eigenvalue weighted by Crippen LogP contribution is 2.08. The van der Waals surface area contributed by atoms with Gasteiger partial charge >= 0.3 is 0 Å². The summed E-state index contributed by atoms with van der Waals surface area (Å²) in [5.74, 6) is 0.108. The van der Waals surface area contributed by atoms with E-state index in [0.29, 0.717) is 13.1 Å². The maximum Gasteiger partial charge on any atom is 0.234 e. The van der Waals surface area contributed by atoms with Crippen LogP contribution in [0, 0.1) is 6.92 Å². The standard InChI is InChI=1S/C21H27N3O/c1-18-7-9-19(10-8-18)15-22-21(25)17-24-13-11-23(12-14-24)16-20-5-3-2-4-6-20/h2-10H,11-17H2,1H3,(H,22,25). The van der Waals surface area contributed by atoms with E-state index in [0.717, 1.165) is 38.3 Å². The number of amides is 1. The van der Waals surface area contributed by atoms with Gasteiger partial charge in [-0.3, -0.25) is 14.6 Å². The molecule has 0 saturated carbocycles. The molecule has 3 rings (SSSR count). The number of aryl methyl sites for hydroxylation is 1. The molecule has 2 aromatic carbocycles. The van der Waals surface area contributed by atoms with E-state index < -0.39 is 0 Å². The van der Waals surface area contributed by atoms with Gasteiger partial charge in [0.1, 0.15) is 0 Å². The Kier molecular flexibility index (Phi) is 6.20. The first-order valence-electron chi connectivity index (χ1n) is 9.00. The van der Waals surface area contributed by atoms with E-state index in [1.807, 2.05) is 0 Å². The summed E-state index contributed by atoms with van der Waals surface area (Å²) in [6, 6.07) is 18.9. The molecule has 0 spiro atoms. The van der Waals surface area contributed by atoms with Crippen molar-refractivity contribution in [1.29, 1.82) is 0 Å². The lowest BCUT2D eigenvalue weighted by Crippen LogP contribution is -2.49. The number of nitrogens with one attached hydrogen (secondary N) is 1. The van der Waals surface area contributed by atoms with Crippen molar-refractivity contribution in [1.82, 2.24) is 15.1 Å². The Bertz CT molecular complexity index is 661. The van der Waals surface area contributed by atoms with Crippen LogP contribution in [0.3, 0.4) is 0 Å². The molecule has 1 aliphatic rings. The number of rotatable bonds is 6. The molecule has 1 amide bonds. The van der Waals surface area contributed by atoms with Gasteiger partial charge in [0.15, 0.2) is 0 Å². The second-order valence-corrected chi connectivity index (χ2v) is 6.80. The molecule has 1 heterocycles. The monoisotopic (exact) mass is 337 g/mol. The van der Waals surface area contributed by atoms with Gasteiger partial charge in [-0.1, -0.05) is 60.2 Å². The Morgan fingerprint density at radius 2 is 1.52 bits per heavy atom. The van der Waals surface area contributed by atoms with Gasteiger partial charge in [-0.25, -0.2) is 0 Å². The molecule has 0 bridgehead atoms. The molecule has 2 aromatic rings. The third-order valence-electron chi connectivity index (χ3n) is 4.69. The molecule has 1 N–H and O–H groups in total. The summed E-state index contributed by atoms with van der Waals surface area (Å²) in [7, 11) is 0. The fourth-order valence-electron chi connectivity index (χ4n) is 3.11. The van der Waals surface area contributed by atoms with E-state index in [2.05, 4.69) is 76.6 Å². The Labute approximate surface area is 150 Å². The van der Waals surface area contributed by atoms with Gasteiger partial charge in [-0.05, 0) is 18.1 Å². The molecule has 0 unspecified atom stereocenters. The van der Waals surface area contributed by atoms with Crippen molar-refractivity contribution < 1.29 is 4.79 Å². The summed E-state index contributed by atoms with van der Waals surface area (Å²) < 4.78 is 0. The predicted octanol–water partition coefficient (Wildman–Crippen LogP) is 2.43. The van der Waals surface area contributed by atoms with E-state index in [1.54, 1.807) is 0 Å². The quantitative estimate of drug-likeness (QED) is 0.879. The van der Waals surface area contributed by atoms with E-state index in [9.17, 15) is 4.79 Å². The molecule has 0 radical (unpaired) electrons. The van der Waals surface area contributed by atoms with Crippen molar-refractivity contribution in [2.75, 3.05) is 32.7 Å². The Balaban J connectivity index is 1.36. The molecule has 4 nitrogen and oxygen atoms in total. The van der Waals surface area contributed by atoms with Crippen molar-refractivity contribution in [2.45, 2.75) is 20.0 Å². The number of hydrogen-bond acceptors (Lipinski definition) is 3. The van der Waals surface area contributed by atoms with Crippen LogP contribution < -0.4 is 5.32 Å². The zero-order valence-corrected chi connectivity index (χ0v) is 14.9. The number of carbonyl (C=O) groups excluding carboxylic acids is 1. The highest BCUT2D eigenvalue weighted by atomic mass is 16.2. The summed E-state index contributed by atoms with van der Waals surface area (Å²) in [5, 5.41) is 3.02. The molecule has 4 heteroatoms. The average Bonchev–Trinajstić information content (AvgIpc) is 2.64. The van der Waals surface area contributed by atoms with Crippen LogP contribution in [0.25, 0.3) is 0 Å². The highest BCUT2D eigenvalue weighted by molar-refractivity contribution is 5.78. The van der Waals surface area contributed by atoms with Crippen molar-refractivity contribution in [3.05, 3.63) is 71.3 Å². The van der Waals surface area contributed by atoms with Gasteiger partial charge < -0.3 is 5.32 Å². The van der Waals surface area contributed by atoms with Crippen LogP contribution in [0.1, 0.15) is 16.7 Å². The molecule has 1 fully saturated rings. The Morgan fingerprint density at radius 3 is 2.20 bits per heavy atom. The van der Waals surface area contributed by atoms with Crippen LogP contribution in [-0.2, 0) is 17.9 Å². The first kappa shape index (κ1) is 17.6. The lowest BCUT2D eigenvalue weighted by molar-refractivity contribution is -0.122. The lowest BCUT2D eigenvalue weighted by atomic mass is 10.1. The second kappa shape index (κ2) is 8.79. The number of carbonyl (C=O) groups is 1. The van der Waals surface area contributed by atoms with Gasteiger partial charge in [-0.15, -0.1) is 0 Å². The van der Waals surface area contributed by atoms with Gasteiger partial charge in [-0.2, -0.15) is 0 Å². The zero-order valence-electron chi connectivity index (χ0n) is 14.9. The maximum atomic E-state index is 12.2. The van der Waals surface area contributed by atoms with Gasteiger partial charge in [0.05, 0.1) is 6.54 Å². The molecular formula is C21H27N3O. The molecular weight excluding hydrogens is 310 g/mol. The summed E-state index contributed by atoms with van der Waals surface area (Å²) in [5.41, 5.74) is 3.74. The van der Waals surface area contributed by atoms with Crippen molar-refractivity contribution in [2.24, 2.45) is 0 Å². The van der Waals surface area contributed by atoms with E-state index in [-0.39, 0.29) is 5.91 Å². The van der Waals surface area contributed by atoms with Crippen molar-refractivity contribution in [3.8, 4) is 0 Å². The predicted molar refractivity (Wildman–Crippen MR) is 101 cm³/mol. The minimum absolute atomic E-state index is 0.108. The number of nitrogens with zero attached hydrogens (tertiary/aromatic N) is 2. The summed E-state index contributed by atoms with van der Waals surface area (Å²) in [6.45, 7) is 8.09. The van der Waals surface area contributed by atoms with E-state index >= 15 is 0 Å². The first-order valence-corrected chi connectivity index (χ1v) is 9.00. The molecule has 25 heavy (non-hydrogen) atoms. The Hall–Kier alpha value is -2.17. The third kappa shape index (κ3) is 5.69. The topological polar surface area (TPSA) is 35.6 Å². The second-order valence-electron chi connectivity index (χ2n) is 6.80. The molecule has 1 aliphatic heterocycles. The normalized spacial score (nSPS) is 15.9. The van der Waals surface area contributed by atoms with E-state index in [4.69, 9.17) is 0 Å². The zero-order chi connectivity index (χ0) is 17.5. The minimum atomic E-state index is 0.108. The van der Waals surface area contributed by atoms with E-state index in [1.165, 1.54) is 11.1 Å². The molecule has 132 valence electrons. The van der Waals surface area contributed by atoms with Crippen LogP contribution in [0.5, 0.6) is 0 Å². The molecule has 0 atom stereocenters. The molecule has 1 saturated heterocycles. The van der Waals surface area contributed by atoms with Gasteiger partial charge in [0.2, 0.25) is 5.91 Å². The fourth-order valence-corrected chi connectivity index (χ4v) is 3.11. The maximum absolute atomic E-state index is 12.2. The van der Waals surface area contributed by atoms with Crippen LogP contribution >= 0.6 is 0 Å². The SMILES string of the molecule is Cc1ccc(CNC(=O)CN2CCN(Cc3ccccc3)CC2)cc1. The van der Waals surface area contributed by atoms with Crippen molar-refractivity contribution in [3.63, 3.8) is 0 Å². The lowest BCUT2D eigenvalue weighted by Gasteiger charge is -2.34. The fraction of sp³-hybridized carbons (Fsp3) is 0.381. The summed E-state index contributed by atoms with van der Waals surface area (Å²) in [4.78, 5) is 16.9. The van der Waals surface area contributed by atoms with Crippen LogP contribution in [-0.4, -0.2) is 48.4 Å². The largest absolute Gasteiger partial charge is 0.351 e. The van der Waals surface area contributed by atoms with Gasteiger partial charge in [0, 0.05) is 39.3 Å². The smallest absolute Gasteiger partial charge is 0.234 e. The molecule has 0 aliphatic carbocycles. The number of benzene rings is 2. The first-order chi connectivity index (χ1) is 12.2. The molecule has 0 aromatic heterocycles. The number of piperazine rings is 1. The number of hydrogen-bond donors (Lipinski definition) is 1.